The van der Waals surface area contributed by atoms with Gasteiger partial charge in [-0.05, 0) is 50.1 Å². The maximum atomic E-state index is 14.1. The van der Waals surface area contributed by atoms with Crippen molar-refractivity contribution >= 4 is 27.5 Å². The molecule has 0 aliphatic rings. The topological polar surface area (TPSA) is 105 Å². The van der Waals surface area contributed by atoms with E-state index in [1.807, 2.05) is 44.2 Å². The number of carbonyl (C=O) groups excluding carboxylic acids is 2. The first-order valence-corrected chi connectivity index (χ1v) is 15.0. The maximum Gasteiger partial charge on any atom is 0.264 e. The Morgan fingerprint density at radius 1 is 0.927 bits per heavy atom. The van der Waals surface area contributed by atoms with Gasteiger partial charge in [0.1, 0.15) is 12.6 Å². The third-order valence-electron chi connectivity index (χ3n) is 6.74. The normalized spacial score (nSPS) is 11.8. The highest BCUT2D eigenvalue weighted by Crippen LogP contribution is 2.32. The molecule has 0 saturated heterocycles. The van der Waals surface area contributed by atoms with Crippen LogP contribution in [0.15, 0.2) is 77.7 Å². The second-order valence-corrected chi connectivity index (χ2v) is 11.6. The van der Waals surface area contributed by atoms with E-state index in [-0.39, 0.29) is 23.1 Å². The smallest absolute Gasteiger partial charge is 0.264 e. The third-order valence-corrected chi connectivity index (χ3v) is 8.51. The van der Waals surface area contributed by atoms with Gasteiger partial charge in [-0.15, -0.1) is 0 Å². The Labute approximate surface area is 243 Å². The zero-order valence-electron chi connectivity index (χ0n) is 24.3. The van der Waals surface area contributed by atoms with E-state index in [0.29, 0.717) is 18.0 Å². The van der Waals surface area contributed by atoms with E-state index >= 15 is 0 Å². The molecule has 1 atom stereocenters. The molecule has 0 aliphatic heterocycles. The second kappa shape index (κ2) is 14.5. The van der Waals surface area contributed by atoms with Gasteiger partial charge in [0.05, 0.1) is 24.8 Å². The minimum atomic E-state index is -4.24. The van der Waals surface area contributed by atoms with Crippen LogP contribution in [0.5, 0.6) is 11.5 Å². The summed E-state index contributed by atoms with van der Waals surface area (Å²) in [7, 11) is -1.36. The minimum absolute atomic E-state index is 0.0662. The number of hydrogen-bond acceptors (Lipinski definition) is 6. The Morgan fingerprint density at radius 2 is 1.59 bits per heavy atom. The van der Waals surface area contributed by atoms with E-state index in [1.165, 1.54) is 37.3 Å². The molecule has 0 fully saturated rings. The predicted molar refractivity (Wildman–Crippen MR) is 160 cm³/mol. The van der Waals surface area contributed by atoms with Crippen molar-refractivity contribution in [1.82, 2.24) is 10.2 Å². The van der Waals surface area contributed by atoms with Crippen LogP contribution in [0.2, 0.25) is 0 Å². The molecular formula is C31H39N3O6S. The molecule has 3 aromatic carbocycles. The monoisotopic (exact) mass is 581 g/mol. The molecule has 1 N–H and O–H groups in total. The summed E-state index contributed by atoms with van der Waals surface area (Å²) in [5.41, 5.74) is 2.07. The van der Waals surface area contributed by atoms with Crippen LogP contribution >= 0.6 is 0 Å². The highest BCUT2D eigenvalue weighted by Gasteiger charge is 2.33. The number of amides is 2. The summed E-state index contributed by atoms with van der Waals surface area (Å²) in [6.07, 6.45) is 1.73. The molecule has 10 heteroatoms. The quantitative estimate of drug-likeness (QED) is 0.280. The zero-order valence-corrected chi connectivity index (χ0v) is 25.1. The number of unbranched alkanes of at least 4 members (excludes halogenated alkanes) is 1. The Kier molecular flexibility index (Phi) is 11.2. The summed E-state index contributed by atoms with van der Waals surface area (Å²) in [5.74, 6) is -0.197. The van der Waals surface area contributed by atoms with Crippen LogP contribution in [0.3, 0.4) is 0 Å². The third kappa shape index (κ3) is 8.00. The van der Waals surface area contributed by atoms with Crippen molar-refractivity contribution < 1.29 is 27.5 Å². The molecule has 0 bridgehead atoms. The Balaban J connectivity index is 2.02. The van der Waals surface area contributed by atoms with Gasteiger partial charge < -0.3 is 19.7 Å². The number of benzene rings is 3. The lowest BCUT2D eigenvalue weighted by atomic mass is 10.1. The zero-order chi connectivity index (χ0) is 30.0. The summed E-state index contributed by atoms with van der Waals surface area (Å²) in [6.45, 7) is 5.69. The molecule has 0 aliphatic carbocycles. The molecule has 3 rings (SSSR count). The van der Waals surface area contributed by atoms with Crippen molar-refractivity contribution in [3.63, 3.8) is 0 Å². The van der Waals surface area contributed by atoms with Crippen molar-refractivity contribution in [3.8, 4) is 11.5 Å². The van der Waals surface area contributed by atoms with Gasteiger partial charge in [-0.1, -0.05) is 61.4 Å². The summed E-state index contributed by atoms with van der Waals surface area (Å²) >= 11 is 0. The fourth-order valence-corrected chi connectivity index (χ4v) is 5.67. The van der Waals surface area contributed by atoms with E-state index in [2.05, 4.69) is 5.32 Å². The SMILES string of the molecule is CCCCNC(=O)[C@H](C)N(Cc1ccccc1)C(=O)CN(c1ccc(C)cc1)S(=O)(=O)c1ccc(OC)c(OC)c1. The molecule has 0 heterocycles. The predicted octanol–water partition coefficient (Wildman–Crippen LogP) is 4.54. The van der Waals surface area contributed by atoms with Gasteiger partial charge in [0.25, 0.3) is 10.0 Å². The van der Waals surface area contributed by atoms with Crippen LogP contribution in [-0.4, -0.2) is 58.5 Å². The van der Waals surface area contributed by atoms with Gasteiger partial charge in [-0.2, -0.15) is 0 Å². The molecule has 0 saturated carbocycles. The van der Waals surface area contributed by atoms with E-state index in [0.717, 1.165) is 28.3 Å². The first-order valence-electron chi connectivity index (χ1n) is 13.5. The Bertz CT molecular complexity index is 1410. The van der Waals surface area contributed by atoms with Crippen LogP contribution in [0.4, 0.5) is 5.69 Å². The van der Waals surface area contributed by atoms with Crippen LogP contribution in [0.25, 0.3) is 0 Å². The van der Waals surface area contributed by atoms with Crippen LogP contribution in [0.1, 0.15) is 37.8 Å². The number of ether oxygens (including phenoxy) is 2. The molecule has 0 radical (unpaired) electrons. The Hall–Kier alpha value is -4.05. The number of aryl methyl sites for hydroxylation is 1. The lowest BCUT2D eigenvalue weighted by Crippen LogP contribution is -2.51. The van der Waals surface area contributed by atoms with Gasteiger partial charge in [0, 0.05) is 19.2 Å². The molecule has 2 amide bonds. The first-order chi connectivity index (χ1) is 19.6. The van der Waals surface area contributed by atoms with E-state index < -0.39 is 28.5 Å². The number of sulfonamides is 1. The molecular weight excluding hydrogens is 542 g/mol. The van der Waals surface area contributed by atoms with Gasteiger partial charge >= 0.3 is 0 Å². The fraction of sp³-hybridized carbons (Fsp3) is 0.355. The number of nitrogens with one attached hydrogen (secondary N) is 1. The average Bonchev–Trinajstić information content (AvgIpc) is 2.98. The first kappa shape index (κ1) is 31.5. The Morgan fingerprint density at radius 3 is 2.20 bits per heavy atom. The number of carbonyl (C=O) groups is 2. The number of anilines is 1. The molecule has 0 spiro atoms. The number of methoxy groups -OCH3 is 2. The van der Waals surface area contributed by atoms with Crippen molar-refractivity contribution in [2.24, 2.45) is 0 Å². The van der Waals surface area contributed by atoms with Gasteiger partial charge in [-0.25, -0.2) is 8.42 Å². The summed E-state index contributed by atoms with van der Waals surface area (Å²) < 4.78 is 39.8. The molecule has 0 aromatic heterocycles. The second-order valence-electron chi connectivity index (χ2n) is 9.69. The maximum absolute atomic E-state index is 14.1. The molecule has 41 heavy (non-hydrogen) atoms. The minimum Gasteiger partial charge on any atom is -0.493 e. The standard InChI is InChI=1S/C31H39N3O6S/c1-6-7-19-32-31(36)24(3)33(21-25-11-9-8-10-12-25)30(35)22-34(26-15-13-23(2)14-16-26)41(37,38)27-17-18-28(39-4)29(20-27)40-5/h8-18,20,24H,6-7,19,21-22H2,1-5H3,(H,32,36)/t24-/m0/s1. The van der Waals surface area contributed by atoms with Gasteiger partial charge in [0.2, 0.25) is 11.8 Å². The highest BCUT2D eigenvalue weighted by atomic mass is 32.2. The molecule has 0 unspecified atom stereocenters. The van der Waals surface area contributed by atoms with Crippen molar-refractivity contribution in [2.75, 3.05) is 31.6 Å². The van der Waals surface area contributed by atoms with Gasteiger partial charge in [0.15, 0.2) is 11.5 Å². The van der Waals surface area contributed by atoms with Crippen molar-refractivity contribution in [3.05, 3.63) is 83.9 Å². The number of hydrogen-bond donors (Lipinski definition) is 1. The largest absolute Gasteiger partial charge is 0.493 e. The van der Waals surface area contributed by atoms with E-state index in [9.17, 15) is 18.0 Å². The van der Waals surface area contributed by atoms with E-state index in [1.54, 1.807) is 31.2 Å². The molecule has 3 aromatic rings. The van der Waals surface area contributed by atoms with Crippen LogP contribution in [-0.2, 0) is 26.2 Å². The number of rotatable bonds is 14. The molecule has 9 nitrogen and oxygen atoms in total. The summed E-state index contributed by atoms with van der Waals surface area (Å²) in [4.78, 5) is 28.4. The lowest BCUT2D eigenvalue weighted by Gasteiger charge is -2.32. The lowest BCUT2D eigenvalue weighted by molar-refractivity contribution is -0.139. The average molecular weight is 582 g/mol. The van der Waals surface area contributed by atoms with Crippen LogP contribution in [0, 0.1) is 6.92 Å². The highest BCUT2D eigenvalue weighted by molar-refractivity contribution is 7.92. The van der Waals surface area contributed by atoms with Crippen molar-refractivity contribution in [1.29, 1.82) is 0 Å². The number of nitrogens with zero attached hydrogens (tertiary/aromatic N) is 2. The van der Waals surface area contributed by atoms with E-state index in [4.69, 9.17) is 9.47 Å². The van der Waals surface area contributed by atoms with Gasteiger partial charge in [-0.3, -0.25) is 13.9 Å². The summed E-state index contributed by atoms with van der Waals surface area (Å²) in [6, 6.07) is 19.6. The van der Waals surface area contributed by atoms with Crippen molar-refractivity contribution in [2.45, 2.75) is 51.1 Å². The summed E-state index contributed by atoms with van der Waals surface area (Å²) in [5, 5.41) is 2.88. The van der Waals surface area contributed by atoms with Crippen LogP contribution < -0.4 is 19.1 Å². The fourth-order valence-electron chi connectivity index (χ4n) is 4.24. The molecule has 220 valence electrons.